The third-order valence-electron chi connectivity index (χ3n) is 8.79. The lowest BCUT2D eigenvalue weighted by Gasteiger charge is -2.26. The van der Waals surface area contributed by atoms with Crippen LogP contribution in [-0.4, -0.2) is 107 Å². The molecule has 2 saturated heterocycles. The minimum Gasteiger partial charge on any atom is -0.406 e. The number of rotatable bonds is 11. The topological polar surface area (TPSA) is 92.4 Å². The summed E-state index contributed by atoms with van der Waals surface area (Å²) in [5, 5.41) is 9.78. The van der Waals surface area contributed by atoms with Crippen LogP contribution in [0.3, 0.4) is 0 Å². The van der Waals surface area contributed by atoms with E-state index in [0.717, 1.165) is 87.3 Å². The van der Waals surface area contributed by atoms with Gasteiger partial charge >= 0.3 is 6.36 Å². The van der Waals surface area contributed by atoms with E-state index in [1.807, 2.05) is 6.07 Å². The maximum absolute atomic E-state index is 12.4. The molecule has 0 bridgehead atoms. The zero-order valence-electron chi connectivity index (χ0n) is 30.3. The molecule has 2 aliphatic heterocycles. The average molecular weight is 773 g/mol. The number of halogens is 3. The highest BCUT2D eigenvalue weighted by molar-refractivity contribution is 7.12. The summed E-state index contributed by atoms with van der Waals surface area (Å²) < 4.78 is 51.1. The van der Waals surface area contributed by atoms with Crippen LogP contribution in [0.1, 0.15) is 45.7 Å². The number of benzene rings is 2. The number of ether oxygens (including phenoxy) is 3. The zero-order chi connectivity index (χ0) is 37.8. The third kappa shape index (κ3) is 12.9. The van der Waals surface area contributed by atoms with Crippen LogP contribution >= 0.6 is 22.7 Å². The van der Waals surface area contributed by atoms with Gasteiger partial charge in [0, 0.05) is 52.4 Å². The summed E-state index contributed by atoms with van der Waals surface area (Å²) in [5.74, 6) is -0.417. The van der Waals surface area contributed by atoms with E-state index in [-0.39, 0.29) is 23.0 Å². The molecule has 0 saturated carbocycles. The molecule has 2 fully saturated rings. The van der Waals surface area contributed by atoms with Crippen molar-refractivity contribution < 1.29 is 37.0 Å². The summed E-state index contributed by atoms with van der Waals surface area (Å²) in [6, 6.07) is 17.9. The first kappa shape index (κ1) is 40.4. The smallest absolute Gasteiger partial charge is 0.406 e. The van der Waals surface area contributed by atoms with Gasteiger partial charge < -0.3 is 24.8 Å². The van der Waals surface area contributed by atoms with E-state index in [0.29, 0.717) is 23.5 Å². The van der Waals surface area contributed by atoms with Gasteiger partial charge in [0.25, 0.3) is 11.8 Å². The molecule has 2 aromatic carbocycles. The van der Waals surface area contributed by atoms with Crippen molar-refractivity contribution in [3.63, 3.8) is 0 Å². The standard InChI is InChI=1S/C21H28N2O2S.C18H19F3N2O3S/c1-21(2,3)18-6-4-16(5-7-18)17-14-19(26-15-17)20(24)22-8-9-23-10-12-25-13-11-23;19-18(20,21)26-15-3-1-13(2-4-15)14-11-16(27-12-14)17(24)22-5-6-23-7-9-25-10-8-23/h4-7,14-15H,8-13H2,1-3H3,(H,22,24);1-4,11-12H,5-10H2,(H,22,24). The number of morpholine rings is 2. The first-order valence-electron chi connectivity index (χ1n) is 17.6. The van der Waals surface area contributed by atoms with Gasteiger partial charge in [-0.05, 0) is 68.3 Å². The largest absolute Gasteiger partial charge is 0.573 e. The van der Waals surface area contributed by atoms with Gasteiger partial charge in [-0.15, -0.1) is 35.8 Å². The number of thiophene rings is 2. The van der Waals surface area contributed by atoms with Gasteiger partial charge in [-0.25, -0.2) is 0 Å². The Morgan fingerprint density at radius 3 is 1.49 bits per heavy atom. The molecule has 2 aliphatic rings. The molecule has 4 aromatic rings. The molecule has 6 rings (SSSR count). The Kier molecular flexibility index (Phi) is 14.5. The number of carbonyl (C=O) groups is 2. The van der Waals surface area contributed by atoms with E-state index >= 15 is 0 Å². The molecule has 14 heteroatoms. The molecule has 4 heterocycles. The molecule has 2 aromatic heterocycles. The maximum atomic E-state index is 12.4. The van der Waals surface area contributed by atoms with Crippen LogP contribution in [0.4, 0.5) is 13.2 Å². The second kappa shape index (κ2) is 19.0. The van der Waals surface area contributed by atoms with Crippen molar-refractivity contribution in [2.45, 2.75) is 32.5 Å². The number of hydrogen-bond donors (Lipinski definition) is 2. The molecule has 0 aliphatic carbocycles. The zero-order valence-corrected chi connectivity index (χ0v) is 31.9. The van der Waals surface area contributed by atoms with E-state index in [2.05, 4.69) is 75.6 Å². The van der Waals surface area contributed by atoms with E-state index in [1.165, 1.54) is 52.5 Å². The first-order chi connectivity index (χ1) is 25.3. The number of carbonyl (C=O) groups excluding carboxylic acids is 2. The SMILES string of the molecule is CC(C)(C)c1ccc(-c2csc(C(=O)NCCN3CCOCC3)c2)cc1.O=C(NCCN1CCOCC1)c1cc(-c2ccc(OC(F)(F)F)cc2)cs1. The fourth-order valence-electron chi connectivity index (χ4n) is 5.70. The van der Waals surface area contributed by atoms with Crippen LogP contribution in [-0.2, 0) is 14.9 Å². The molecule has 53 heavy (non-hydrogen) atoms. The van der Waals surface area contributed by atoms with Crippen molar-refractivity contribution in [2.75, 3.05) is 78.8 Å². The fourth-order valence-corrected chi connectivity index (χ4v) is 7.37. The third-order valence-corrected chi connectivity index (χ3v) is 10.6. The van der Waals surface area contributed by atoms with Gasteiger partial charge in [-0.2, -0.15) is 0 Å². The van der Waals surface area contributed by atoms with Gasteiger partial charge in [0.2, 0.25) is 0 Å². The molecular formula is C39H47F3N4O5S2. The lowest BCUT2D eigenvalue weighted by Crippen LogP contribution is -2.41. The van der Waals surface area contributed by atoms with E-state index < -0.39 is 6.36 Å². The van der Waals surface area contributed by atoms with Gasteiger partial charge in [0.05, 0.1) is 36.2 Å². The average Bonchev–Trinajstić information content (AvgIpc) is 3.84. The van der Waals surface area contributed by atoms with Crippen molar-refractivity contribution in [1.29, 1.82) is 0 Å². The Labute approximate surface area is 317 Å². The first-order valence-corrected chi connectivity index (χ1v) is 19.4. The van der Waals surface area contributed by atoms with Gasteiger partial charge in [-0.3, -0.25) is 19.4 Å². The van der Waals surface area contributed by atoms with E-state index in [1.54, 1.807) is 11.4 Å². The Hall–Kier alpha value is -3.79. The lowest BCUT2D eigenvalue weighted by atomic mass is 9.86. The minimum absolute atomic E-state index is 0.0146. The lowest BCUT2D eigenvalue weighted by molar-refractivity contribution is -0.274. The summed E-state index contributed by atoms with van der Waals surface area (Å²) >= 11 is 2.80. The van der Waals surface area contributed by atoms with Crippen molar-refractivity contribution in [1.82, 2.24) is 20.4 Å². The van der Waals surface area contributed by atoms with Crippen LogP contribution in [0.15, 0.2) is 71.4 Å². The molecule has 0 spiro atoms. The Balaban J connectivity index is 0.000000204. The molecule has 9 nitrogen and oxygen atoms in total. The predicted molar refractivity (Wildman–Crippen MR) is 204 cm³/mol. The molecule has 2 N–H and O–H groups in total. The second-order valence-corrected chi connectivity index (χ2v) is 15.5. The monoisotopic (exact) mass is 772 g/mol. The summed E-state index contributed by atoms with van der Waals surface area (Å²) in [7, 11) is 0. The summed E-state index contributed by atoms with van der Waals surface area (Å²) in [6.45, 7) is 16.2. The van der Waals surface area contributed by atoms with Gasteiger partial charge in [0.1, 0.15) is 5.75 Å². The molecule has 0 atom stereocenters. The van der Waals surface area contributed by atoms with Crippen LogP contribution in [0, 0.1) is 0 Å². The highest BCUT2D eigenvalue weighted by atomic mass is 32.1. The van der Waals surface area contributed by atoms with Crippen LogP contribution in [0.5, 0.6) is 5.75 Å². The van der Waals surface area contributed by atoms with Crippen LogP contribution in [0.25, 0.3) is 22.3 Å². The van der Waals surface area contributed by atoms with Crippen molar-refractivity contribution in [3.8, 4) is 28.0 Å². The van der Waals surface area contributed by atoms with Crippen LogP contribution < -0.4 is 15.4 Å². The van der Waals surface area contributed by atoms with Crippen molar-refractivity contribution in [2.24, 2.45) is 0 Å². The highest BCUT2D eigenvalue weighted by Gasteiger charge is 2.31. The van der Waals surface area contributed by atoms with E-state index in [9.17, 15) is 22.8 Å². The Bertz CT molecular complexity index is 1740. The summed E-state index contributed by atoms with van der Waals surface area (Å²) in [4.78, 5) is 30.5. The van der Waals surface area contributed by atoms with Crippen molar-refractivity contribution >= 4 is 34.5 Å². The van der Waals surface area contributed by atoms with Crippen LogP contribution in [0.2, 0.25) is 0 Å². The number of nitrogens with zero attached hydrogens (tertiary/aromatic N) is 2. The Morgan fingerprint density at radius 1 is 0.679 bits per heavy atom. The van der Waals surface area contributed by atoms with Crippen molar-refractivity contribution in [3.05, 3.63) is 86.7 Å². The van der Waals surface area contributed by atoms with E-state index in [4.69, 9.17) is 9.47 Å². The minimum atomic E-state index is -4.71. The quantitative estimate of drug-likeness (QED) is 0.167. The van der Waals surface area contributed by atoms with Gasteiger partial charge in [-0.1, -0.05) is 57.2 Å². The fraction of sp³-hybridized carbons (Fsp3) is 0.436. The predicted octanol–water partition coefficient (Wildman–Crippen LogP) is 7.15. The maximum Gasteiger partial charge on any atom is 0.573 e. The molecular weight excluding hydrogens is 726 g/mol. The number of amides is 2. The second-order valence-electron chi connectivity index (χ2n) is 13.7. The Morgan fingerprint density at radius 2 is 1.09 bits per heavy atom. The molecule has 286 valence electrons. The normalized spacial score (nSPS) is 15.7. The molecule has 2 amide bonds. The molecule has 0 radical (unpaired) electrons. The number of hydrogen-bond acceptors (Lipinski definition) is 9. The number of alkyl halides is 3. The summed E-state index contributed by atoms with van der Waals surface area (Å²) in [6.07, 6.45) is -4.71. The molecule has 0 unspecified atom stereocenters. The number of nitrogens with one attached hydrogen (secondary N) is 2. The summed E-state index contributed by atoms with van der Waals surface area (Å²) in [5.41, 5.74) is 5.22. The van der Waals surface area contributed by atoms with Gasteiger partial charge in [0.15, 0.2) is 0 Å². The highest BCUT2D eigenvalue weighted by Crippen LogP contribution is 2.30.